The second-order valence-electron chi connectivity index (χ2n) is 9.84. The van der Waals surface area contributed by atoms with Gasteiger partial charge < -0.3 is 21.1 Å². The zero-order valence-electron chi connectivity index (χ0n) is 19.9. The third-order valence-electron chi connectivity index (χ3n) is 7.23. The van der Waals surface area contributed by atoms with Crippen molar-refractivity contribution in [2.45, 2.75) is 71.3 Å². The number of fused-ring (bicyclic) bond motifs is 3. The van der Waals surface area contributed by atoms with Crippen LogP contribution in [0.2, 0.25) is 0 Å². The zero-order valence-corrected chi connectivity index (χ0v) is 19.9. The molecule has 1 aromatic heterocycles. The molecule has 0 spiro atoms. The largest absolute Gasteiger partial charge is 0.391 e. The second kappa shape index (κ2) is 9.27. The standard InChI is InChI=1S/C25H35N5O3/c1-14(2)15(3)25(33)29-13-18(31)12-23(29)24(32)28-16(4)17-5-6-19-20(11-17)21(26)8-10-30-22(19)7-9-27-30/h5-7,9,11,14-16,18,21,23,31H,8,10,12-13,26H2,1-4H3,(H,28,32). The van der Waals surface area contributed by atoms with Crippen LogP contribution >= 0.6 is 0 Å². The summed E-state index contributed by atoms with van der Waals surface area (Å²) >= 11 is 0. The molecule has 1 aromatic carbocycles. The average molecular weight is 454 g/mol. The van der Waals surface area contributed by atoms with E-state index in [2.05, 4.69) is 16.5 Å². The van der Waals surface area contributed by atoms with Crippen molar-refractivity contribution >= 4 is 11.8 Å². The Bertz CT molecular complexity index is 1030. The Kier molecular flexibility index (Phi) is 6.59. The molecule has 5 unspecified atom stereocenters. The number of benzene rings is 1. The monoisotopic (exact) mass is 453 g/mol. The van der Waals surface area contributed by atoms with Crippen molar-refractivity contribution in [1.82, 2.24) is 20.0 Å². The first-order chi connectivity index (χ1) is 15.7. The summed E-state index contributed by atoms with van der Waals surface area (Å²) in [5.74, 6) is -0.358. The van der Waals surface area contributed by atoms with E-state index in [1.807, 2.05) is 50.6 Å². The fourth-order valence-corrected chi connectivity index (χ4v) is 4.79. The van der Waals surface area contributed by atoms with Gasteiger partial charge >= 0.3 is 0 Å². The number of aliphatic hydroxyl groups excluding tert-OH is 1. The smallest absolute Gasteiger partial charge is 0.243 e. The SMILES string of the molecule is CC(NC(=O)C1CC(O)CN1C(=O)C(C)C(C)C)c1ccc2c(c1)C(N)CCn1nccc1-2. The fourth-order valence-electron chi connectivity index (χ4n) is 4.79. The maximum absolute atomic E-state index is 13.2. The van der Waals surface area contributed by atoms with Gasteiger partial charge in [-0.2, -0.15) is 5.10 Å². The normalized spacial score (nSPS) is 24.1. The Morgan fingerprint density at radius 1 is 1.21 bits per heavy atom. The number of aliphatic hydroxyl groups is 1. The number of amides is 2. The first kappa shape index (κ1) is 23.4. The van der Waals surface area contributed by atoms with E-state index in [0.717, 1.165) is 35.3 Å². The van der Waals surface area contributed by atoms with Gasteiger partial charge in [0.2, 0.25) is 11.8 Å². The Labute approximate surface area is 195 Å². The van der Waals surface area contributed by atoms with E-state index in [1.54, 1.807) is 11.1 Å². The van der Waals surface area contributed by atoms with Gasteiger partial charge in [0.15, 0.2) is 0 Å². The van der Waals surface area contributed by atoms with Crippen LogP contribution in [0, 0.1) is 11.8 Å². The van der Waals surface area contributed by atoms with Gasteiger partial charge in [-0.05, 0) is 36.5 Å². The van der Waals surface area contributed by atoms with Crippen LogP contribution in [-0.2, 0) is 16.1 Å². The highest BCUT2D eigenvalue weighted by molar-refractivity contribution is 5.89. The molecule has 4 rings (SSSR count). The van der Waals surface area contributed by atoms with E-state index in [4.69, 9.17) is 5.73 Å². The van der Waals surface area contributed by atoms with Gasteiger partial charge in [-0.25, -0.2) is 0 Å². The summed E-state index contributed by atoms with van der Waals surface area (Å²) in [7, 11) is 0. The van der Waals surface area contributed by atoms with E-state index >= 15 is 0 Å². The van der Waals surface area contributed by atoms with Gasteiger partial charge in [0.1, 0.15) is 6.04 Å². The first-order valence-electron chi connectivity index (χ1n) is 11.9. The molecule has 3 heterocycles. The zero-order chi connectivity index (χ0) is 23.9. The minimum Gasteiger partial charge on any atom is -0.391 e. The van der Waals surface area contributed by atoms with Gasteiger partial charge in [0, 0.05) is 43.2 Å². The third-order valence-corrected chi connectivity index (χ3v) is 7.23. The number of hydrogen-bond acceptors (Lipinski definition) is 5. The number of nitrogens with two attached hydrogens (primary N) is 1. The van der Waals surface area contributed by atoms with Crippen LogP contribution in [-0.4, -0.2) is 50.3 Å². The number of carbonyl (C=O) groups excluding carboxylic acids is 2. The second-order valence-corrected chi connectivity index (χ2v) is 9.84. The van der Waals surface area contributed by atoms with Crippen LogP contribution in [0.3, 0.4) is 0 Å². The molecule has 8 nitrogen and oxygen atoms in total. The van der Waals surface area contributed by atoms with Gasteiger partial charge in [-0.15, -0.1) is 0 Å². The first-order valence-corrected chi connectivity index (χ1v) is 11.9. The van der Waals surface area contributed by atoms with Crippen LogP contribution in [0.5, 0.6) is 0 Å². The summed E-state index contributed by atoms with van der Waals surface area (Å²) in [6, 6.07) is 7.09. The molecule has 0 radical (unpaired) electrons. The molecule has 0 saturated carbocycles. The number of nitrogens with zero attached hydrogens (tertiary/aromatic N) is 3. The van der Waals surface area contributed by atoms with Crippen molar-refractivity contribution in [3.8, 4) is 11.3 Å². The Morgan fingerprint density at radius 2 is 1.97 bits per heavy atom. The Morgan fingerprint density at radius 3 is 2.70 bits per heavy atom. The van der Waals surface area contributed by atoms with Gasteiger partial charge in [0.05, 0.1) is 17.8 Å². The number of likely N-dealkylation sites (tertiary alicyclic amines) is 1. The molecule has 0 aliphatic carbocycles. The minimum absolute atomic E-state index is 0.0815. The lowest BCUT2D eigenvalue weighted by Gasteiger charge is -2.29. The topological polar surface area (TPSA) is 113 Å². The van der Waals surface area contributed by atoms with Crippen molar-refractivity contribution in [2.75, 3.05) is 6.54 Å². The van der Waals surface area contributed by atoms with Crippen LogP contribution < -0.4 is 11.1 Å². The summed E-state index contributed by atoms with van der Waals surface area (Å²) in [6.07, 6.45) is 2.16. The quantitative estimate of drug-likeness (QED) is 0.643. The summed E-state index contributed by atoms with van der Waals surface area (Å²) < 4.78 is 1.98. The molecule has 178 valence electrons. The number of β-amino-alcohol motifs (C(OH)–C–C–N with tert-alkyl or cyclic N) is 1. The van der Waals surface area contributed by atoms with E-state index in [-0.39, 0.29) is 48.7 Å². The van der Waals surface area contributed by atoms with E-state index in [0.29, 0.717) is 0 Å². The van der Waals surface area contributed by atoms with Crippen molar-refractivity contribution < 1.29 is 14.7 Å². The molecule has 2 aliphatic heterocycles. The summed E-state index contributed by atoms with van der Waals surface area (Å²) in [4.78, 5) is 27.6. The molecule has 1 saturated heterocycles. The fraction of sp³-hybridized carbons (Fsp3) is 0.560. The highest BCUT2D eigenvalue weighted by atomic mass is 16.3. The molecule has 4 N–H and O–H groups in total. The molecule has 1 fully saturated rings. The number of nitrogens with one attached hydrogen (secondary N) is 1. The number of hydrogen-bond donors (Lipinski definition) is 3. The third kappa shape index (κ3) is 4.54. The number of aromatic nitrogens is 2. The van der Waals surface area contributed by atoms with E-state index in [1.165, 1.54) is 0 Å². The average Bonchev–Trinajstić information content (AvgIpc) is 3.39. The van der Waals surface area contributed by atoms with Crippen molar-refractivity contribution in [3.63, 3.8) is 0 Å². The number of aryl methyl sites for hydroxylation is 1. The summed E-state index contributed by atoms with van der Waals surface area (Å²) in [6.45, 7) is 8.75. The molecule has 2 amide bonds. The Balaban J connectivity index is 1.52. The van der Waals surface area contributed by atoms with Crippen LogP contribution in [0.25, 0.3) is 11.3 Å². The Hall–Kier alpha value is -2.71. The molecule has 5 atom stereocenters. The highest BCUT2D eigenvalue weighted by Crippen LogP contribution is 2.34. The van der Waals surface area contributed by atoms with Gasteiger partial charge in [0.25, 0.3) is 0 Å². The predicted molar refractivity (Wildman–Crippen MR) is 126 cm³/mol. The van der Waals surface area contributed by atoms with Crippen molar-refractivity contribution in [2.24, 2.45) is 17.6 Å². The van der Waals surface area contributed by atoms with E-state index < -0.39 is 12.1 Å². The molecule has 8 heteroatoms. The predicted octanol–water partition coefficient (Wildman–Crippen LogP) is 2.38. The summed E-state index contributed by atoms with van der Waals surface area (Å²) in [5.41, 5.74) is 10.6. The summed E-state index contributed by atoms with van der Waals surface area (Å²) in [5, 5.41) is 17.6. The number of rotatable bonds is 5. The van der Waals surface area contributed by atoms with Gasteiger partial charge in [-0.1, -0.05) is 39.0 Å². The maximum atomic E-state index is 13.2. The lowest BCUT2D eigenvalue weighted by Crippen LogP contribution is -2.48. The molecule has 2 aliphatic rings. The molecule has 33 heavy (non-hydrogen) atoms. The lowest BCUT2D eigenvalue weighted by atomic mass is 9.93. The highest BCUT2D eigenvalue weighted by Gasteiger charge is 2.41. The molecular formula is C25H35N5O3. The van der Waals surface area contributed by atoms with Crippen molar-refractivity contribution in [3.05, 3.63) is 41.6 Å². The lowest BCUT2D eigenvalue weighted by molar-refractivity contribution is -0.142. The molecule has 2 aromatic rings. The van der Waals surface area contributed by atoms with Crippen LogP contribution in [0.15, 0.2) is 30.5 Å². The van der Waals surface area contributed by atoms with Gasteiger partial charge in [-0.3, -0.25) is 14.3 Å². The van der Waals surface area contributed by atoms with Crippen molar-refractivity contribution in [1.29, 1.82) is 0 Å². The minimum atomic E-state index is -0.685. The van der Waals surface area contributed by atoms with Crippen LogP contribution in [0.1, 0.15) is 63.7 Å². The van der Waals surface area contributed by atoms with E-state index in [9.17, 15) is 14.7 Å². The number of carbonyl (C=O) groups is 2. The molecule has 0 bridgehead atoms. The maximum Gasteiger partial charge on any atom is 0.243 e. The van der Waals surface area contributed by atoms with Crippen LogP contribution in [0.4, 0.5) is 0 Å². The molecular weight excluding hydrogens is 418 g/mol.